The Balaban J connectivity index is 2.31. The molecule has 19 heavy (non-hydrogen) atoms. The molecule has 0 radical (unpaired) electrons. The minimum atomic E-state index is 0.221. The summed E-state index contributed by atoms with van der Waals surface area (Å²) in [5.74, 6) is 0.897. The van der Waals surface area contributed by atoms with Gasteiger partial charge in [-0.25, -0.2) is 4.98 Å². The van der Waals surface area contributed by atoms with Crippen molar-refractivity contribution in [2.75, 3.05) is 0 Å². The lowest BCUT2D eigenvalue weighted by Crippen LogP contribution is -1.91. The minimum absolute atomic E-state index is 0.221. The highest BCUT2D eigenvalue weighted by Gasteiger charge is 2.06. The molecule has 0 amide bonds. The highest BCUT2D eigenvalue weighted by molar-refractivity contribution is 6.31. The molecule has 0 spiro atoms. The second-order valence-electron chi connectivity index (χ2n) is 3.84. The topological polar surface area (TPSA) is 45.9 Å². The average Bonchev–Trinajstić information content (AvgIpc) is 2.40. The van der Waals surface area contributed by atoms with Gasteiger partial charge in [0.1, 0.15) is 10.9 Å². The molecule has 1 aromatic carbocycles. The highest BCUT2D eigenvalue weighted by atomic mass is 35.5. The second kappa shape index (κ2) is 5.92. The molecule has 2 rings (SSSR count). The summed E-state index contributed by atoms with van der Waals surface area (Å²) < 4.78 is 5.59. The Kier molecular flexibility index (Phi) is 4.26. The Morgan fingerprint density at radius 3 is 2.74 bits per heavy atom. The number of rotatable bonds is 3. The van der Waals surface area contributed by atoms with Crippen molar-refractivity contribution < 1.29 is 4.74 Å². The lowest BCUT2D eigenvalue weighted by atomic mass is 10.1. The van der Waals surface area contributed by atoms with Gasteiger partial charge in [-0.2, -0.15) is 5.26 Å². The molecule has 3 nitrogen and oxygen atoms in total. The molecule has 1 aromatic heterocycles. The number of aryl methyl sites for hydroxylation is 1. The van der Waals surface area contributed by atoms with Gasteiger partial charge in [0.15, 0.2) is 0 Å². The van der Waals surface area contributed by atoms with Gasteiger partial charge in [0, 0.05) is 11.1 Å². The fourth-order valence-corrected chi connectivity index (χ4v) is 2.05. The van der Waals surface area contributed by atoms with Crippen molar-refractivity contribution in [2.24, 2.45) is 0 Å². The molecule has 0 saturated heterocycles. The van der Waals surface area contributed by atoms with Crippen LogP contribution in [-0.4, -0.2) is 4.98 Å². The van der Waals surface area contributed by atoms with Crippen molar-refractivity contribution >= 4 is 23.2 Å². The van der Waals surface area contributed by atoms with Gasteiger partial charge >= 0.3 is 0 Å². The number of nitriles is 1. The Bertz CT molecular complexity index is 650. The van der Waals surface area contributed by atoms with E-state index in [0.29, 0.717) is 16.3 Å². The number of hydrogen-bond acceptors (Lipinski definition) is 3. The molecule has 96 valence electrons. The van der Waals surface area contributed by atoms with E-state index in [-0.39, 0.29) is 11.0 Å². The number of benzene rings is 1. The maximum Gasteiger partial charge on any atom is 0.221 e. The van der Waals surface area contributed by atoms with Crippen LogP contribution in [-0.2, 0) is 6.42 Å². The summed E-state index contributed by atoms with van der Waals surface area (Å²) in [7, 11) is 0. The van der Waals surface area contributed by atoms with Crippen molar-refractivity contribution in [3.8, 4) is 17.7 Å². The summed E-state index contributed by atoms with van der Waals surface area (Å²) in [5, 5.41) is 9.78. The maximum absolute atomic E-state index is 8.86. The standard InChI is InChI=1S/C14H10Cl2N2O/c1-2-10-7-11(3-4-12(10)15)19-14-6-9(8-17)5-13(16)18-14/h3-7H,2H2,1H3. The lowest BCUT2D eigenvalue weighted by molar-refractivity contribution is 0.462. The van der Waals surface area contributed by atoms with E-state index in [1.54, 1.807) is 12.1 Å². The predicted molar refractivity (Wildman–Crippen MR) is 74.9 cm³/mol. The van der Waals surface area contributed by atoms with E-state index in [1.807, 2.05) is 19.1 Å². The molecular weight excluding hydrogens is 283 g/mol. The summed E-state index contributed by atoms with van der Waals surface area (Å²) in [6.45, 7) is 2.01. The summed E-state index contributed by atoms with van der Waals surface area (Å²) in [6.07, 6.45) is 0.808. The second-order valence-corrected chi connectivity index (χ2v) is 4.63. The third kappa shape index (κ3) is 3.37. The Morgan fingerprint density at radius 1 is 1.26 bits per heavy atom. The summed E-state index contributed by atoms with van der Waals surface area (Å²) in [5.41, 5.74) is 1.39. The predicted octanol–water partition coefficient (Wildman–Crippen LogP) is 4.61. The first-order valence-electron chi connectivity index (χ1n) is 5.66. The fourth-order valence-electron chi connectivity index (χ4n) is 1.60. The van der Waals surface area contributed by atoms with Crippen LogP contribution in [0.5, 0.6) is 11.6 Å². The van der Waals surface area contributed by atoms with E-state index in [0.717, 1.165) is 12.0 Å². The molecule has 5 heteroatoms. The minimum Gasteiger partial charge on any atom is -0.439 e. The molecule has 1 heterocycles. The smallest absolute Gasteiger partial charge is 0.221 e. The zero-order chi connectivity index (χ0) is 13.8. The van der Waals surface area contributed by atoms with E-state index >= 15 is 0 Å². The van der Waals surface area contributed by atoms with Gasteiger partial charge in [-0.1, -0.05) is 30.1 Å². The summed E-state index contributed by atoms with van der Waals surface area (Å²) >= 11 is 11.9. The number of ether oxygens (including phenoxy) is 1. The van der Waals surface area contributed by atoms with Crippen molar-refractivity contribution in [3.63, 3.8) is 0 Å². The van der Waals surface area contributed by atoms with Crippen molar-refractivity contribution in [1.82, 2.24) is 4.98 Å². The quantitative estimate of drug-likeness (QED) is 0.776. The van der Waals surface area contributed by atoms with Crippen LogP contribution in [0.4, 0.5) is 0 Å². The van der Waals surface area contributed by atoms with Crippen LogP contribution >= 0.6 is 23.2 Å². The van der Waals surface area contributed by atoms with E-state index in [4.69, 9.17) is 33.2 Å². The van der Waals surface area contributed by atoms with Gasteiger partial charge in [-0.15, -0.1) is 0 Å². The van der Waals surface area contributed by atoms with E-state index in [9.17, 15) is 0 Å². The van der Waals surface area contributed by atoms with E-state index in [1.165, 1.54) is 12.1 Å². The summed E-state index contributed by atoms with van der Waals surface area (Å²) in [4.78, 5) is 4.01. The first kappa shape index (κ1) is 13.7. The number of hydrogen-bond donors (Lipinski definition) is 0. The SMILES string of the molecule is CCc1cc(Oc2cc(C#N)cc(Cl)n2)ccc1Cl. The average molecular weight is 293 g/mol. The molecule has 0 unspecified atom stereocenters. The van der Waals surface area contributed by atoms with Crippen LogP contribution < -0.4 is 4.74 Å². The van der Waals surface area contributed by atoms with Crippen molar-refractivity contribution in [2.45, 2.75) is 13.3 Å². The largest absolute Gasteiger partial charge is 0.439 e. The molecule has 0 atom stereocenters. The number of aromatic nitrogens is 1. The maximum atomic E-state index is 8.86. The molecular formula is C14H10Cl2N2O. The lowest BCUT2D eigenvalue weighted by Gasteiger charge is -2.08. The Hall–Kier alpha value is -1.76. The van der Waals surface area contributed by atoms with Crippen LogP contribution in [0.15, 0.2) is 30.3 Å². The number of nitrogens with zero attached hydrogens (tertiary/aromatic N) is 2. The Morgan fingerprint density at radius 2 is 2.05 bits per heavy atom. The fraction of sp³-hybridized carbons (Fsp3) is 0.143. The normalized spacial score (nSPS) is 10.0. The van der Waals surface area contributed by atoms with Crippen LogP contribution in [0.25, 0.3) is 0 Å². The molecule has 0 N–H and O–H groups in total. The molecule has 0 fully saturated rings. The van der Waals surface area contributed by atoms with E-state index in [2.05, 4.69) is 4.98 Å². The van der Waals surface area contributed by atoms with Gasteiger partial charge in [-0.05, 0) is 36.2 Å². The van der Waals surface area contributed by atoms with Crippen LogP contribution in [0.3, 0.4) is 0 Å². The Labute approximate surface area is 121 Å². The van der Waals surface area contributed by atoms with E-state index < -0.39 is 0 Å². The van der Waals surface area contributed by atoms with Gasteiger partial charge in [0.25, 0.3) is 0 Å². The number of halogens is 2. The monoisotopic (exact) mass is 292 g/mol. The molecule has 0 saturated carbocycles. The molecule has 0 aliphatic heterocycles. The molecule has 0 aliphatic rings. The molecule has 0 aliphatic carbocycles. The van der Waals surface area contributed by atoms with Gasteiger partial charge in [-0.3, -0.25) is 0 Å². The first-order valence-corrected chi connectivity index (χ1v) is 6.42. The van der Waals surface area contributed by atoms with Gasteiger partial charge in [0.2, 0.25) is 5.88 Å². The van der Waals surface area contributed by atoms with Crippen LogP contribution in [0, 0.1) is 11.3 Å². The van der Waals surface area contributed by atoms with Crippen molar-refractivity contribution in [3.05, 3.63) is 51.6 Å². The van der Waals surface area contributed by atoms with Gasteiger partial charge in [0.05, 0.1) is 11.6 Å². The molecule has 0 bridgehead atoms. The van der Waals surface area contributed by atoms with Crippen LogP contribution in [0.1, 0.15) is 18.1 Å². The first-order chi connectivity index (χ1) is 9.12. The third-order valence-electron chi connectivity index (χ3n) is 2.52. The van der Waals surface area contributed by atoms with Crippen LogP contribution in [0.2, 0.25) is 10.2 Å². The highest BCUT2D eigenvalue weighted by Crippen LogP contribution is 2.27. The van der Waals surface area contributed by atoms with Crippen molar-refractivity contribution in [1.29, 1.82) is 5.26 Å². The number of pyridine rings is 1. The zero-order valence-corrected chi connectivity index (χ0v) is 11.7. The molecule has 2 aromatic rings. The zero-order valence-electron chi connectivity index (χ0n) is 10.2. The summed E-state index contributed by atoms with van der Waals surface area (Å²) in [6, 6.07) is 10.4. The third-order valence-corrected chi connectivity index (χ3v) is 3.08. The van der Waals surface area contributed by atoms with Gasteiger partial charge < -0.3 is 4.74 Å².